The van der Waals surface area contributed by atoms with Crippen molar-refractivity contribution in [3.8, 4) is 22.6 Å². The van der Waals surface area contributed by atoms with Gasteiger partial charge >= 0.3 is 5.69 Å². The van der Waals surface area contributed by atoms with E-state index in [4.69, 9.17) is 4.74 Å². The Kier molecular flexibility index (Phi) is 3.34. The minimum absolute atomic E-state index is 0.0495. The van der Waals surface area contributed by atoms with Crippen LogP contribution in [0.3, 0.4) is 0 Å². The second kappa shape index (κ2) is 5.33. The molecule has 3 aromatic rings. The van der Waals surface area contributed by atoms with Crippen LogP contribution in [-0.4, -0.2) is 22.1 Å². The molecule has 0 saturated carbocycles. The van der Waals surface area contributed by atoms with Crippen molar-refractivity contribution in [2.75, 3.05) is 7.11 Å². The summed E-state index contributed by atoms with van der Waals surface area (Å²) in [7, 11) is 1.52. The van der Waals surface area contributed by atoms with Gasteiger partial charge in [0.2, 0.25) is 0 Å². The molecule has 0 atom stereocenters. The molecule has 6 nitrogen and oxygen atoms in total. The smallest absolute Gasteiger partial charge is 0.303 e. The SMILES string of the molecule is COc1cccc(-c2cc(O)c3cccnc3c2[N+](=O)[O-])c1. The zero-order valence-corrected chi connectivity index (χ0v) is 11.7. The van der Waals surface area contributed by atoms with Crippen molar-refractivity contribution in [3.63, 3.8) is 0 Å². The first-order valence-electron chi connectivity index (χ1n) is 6.51. The largest absolute Gasteiger partial charge is 0.507 e. The second-order valence-electron chi connectivity index (χ2n) is 4.68. The average Bonchev–Trinajstić information content (AvgIpc) is 2.54. The van der Waals surface area contributed by atoms with Crippen molar-refractivity contribution in [2.45, 2.75) is 0 Å². The Morgan fingerprint density at radius 1 is 1.23 bits per heavy atom. The number of phenolic OH excluding ortho intramolecular Hbond substituents is 1. The van der Waals surface area contributed by atoms with Gasteiger partial charge in [-0.25, -0.2) is 4.98 Å². The van der Waals surface area contributed by atoms with Gasteiger partial charge in [-0.05, 0) is 35.9 Å². The number of aromatic hydroxyl groups is 1. The Bertz CT molecular complexity index is 877. The number of pyridine rings is 1. The first-order chi connectivity index (χ1) is 10.6. The topological polar surface area (TPSA) is 85.5 Å². The molecule has 0 aliphatic heterocycles. The number of phenols is 1. The van der Waals surface area contributed by atoms with E-state index in [-0.39, 0.29) is 17.0 Å². The van der Waals surface area contributed by atoms with Crippen LogP contribution in [0.5, 0.6) is 11.5 Å². The summed E-state index contributed by atoms with van der Waals surface area (Å²) in [6, 6.07) is 11.5. The summed E-state index contributed by atoms with van der Waals surface area (Å²) >= 11 is 0. The lowest BCUT2D eigenvalue weighted by atomic mass is 10.00. The van der Waals surface area contributed by atoms with Gasteiger partial charge < -0.3 is 9.84 Å². The molecule has 0 spiro atoms. The molecule has 0 unspecified atom stereocenters. The number of ether oxygens (including phenoxy) is 1. The fraction of sp³-hybridized carbons (Fsp3) is 0.0625. The first-order valence-corrected chi connectivity index (χ1v) is 6.51. The van der Waals surface area contributed by atoms with Crippen LogP contribution in [0.1, 0.15) is 0 Å². The monoisotopic (exact) mass is 296 g/mol. The highest BCUT2D eigenvalue weighted by Gasteiger charge is 2.23. The average molecular weight is 296 g/mol. The highest BCUT2D eigenvalue weighted by Crippen LogP contribution is 2.40. The number of fused-ring (bicyclic) bond motifs is 1. The van der Waals surface area contributed by atoms with E-state index in [9.17, 15) is 15.2 Å². The van der Waals surface area contributed by atoms with Gasteiger partial charge in [0.05, 0.1) is 17.6 Å². The molecule has 2 aromatic carbocycles. The van der Waals surface area contributed by atoms with Gasteiger partial charge in [0.25, 0.3) is 0 Å². The molecular formula is C16H12N2O4. The lowest BCUT2D eigenvalue weighted by Crippen LogP contribution is -1.96. The van der Waals surface area contributed by atoms with E-state index in [1.54, 1.807) is 36.4 Å². The summed E-state index contributed by atoms with van der Waals surface area (Å²) in [5.74, 6) is 0.527. The second-order valence-corrected chi connectivity index (χ2v) is 4.68. The Hall–Kier alpha value is -3.15. The summed E-state index contributed by atoms with van der Waals surface area (Å²) < 4.78 is 5.15. The van der Waals surface area contributed by atoms with E-state index >= 15 is 0 Å². The summed E-state index contributed by atoms with van der Waals surface area (Å²) in [5, 5.41) is 22.0. The van der Waals surface area contributed by atoms with Gasteiger partial charge in [-0.2, -0.15) is 0 Å². The number of hydrogen-bond donors (Lipinski definition) is 1. The number of nitro benzene ring substituents is 1. The van der Waals surface area contributed by atoms with Crippen LogP contribution in [0.4, 0.5) is 5.69 Å². The lowest BCUT2D eigenvalue weighted by molar-refractivity contribution is -0.382. The van der Waals surface area contributed by atoms with Crippen molar-refractivity contribution in [3.05, 3.63) is 58.8 Å². The lowest BCUT2D eigenvalue weighted by Gasteiger charge is -2.09. The van der Waals surface area contributed by atoms with Crippen molar-refractivity contribution in [1.82, 2.24) is 4.98 Å². The number of methoxy groups -OCH3 is 1. The Labute approximate surface area is 125 Å². The molecule has 1 heterocycles. The molecule has 6 heteroatoms. The predicted molar refractivity (Wildman–Crippen MR) is 82.1 cm³/mol. The molecule has 0 fully saturated rings. The van der Waals surface area contributed by atoms with E-state index in [1.807, 2.05) is 0 Å². The van der Waals surface area contributed by atoms with Gasteiger partial charge in [0.1, 0.15) is 11.5 Å². The quantitative estimate of drug-likeness (QED) is 0.590. The van der Waals surface area contributed by atoms with Crippen LogP contribution in [-0.2, 0) is 0 Å². The van der Waals surface area contributed by atoms with Gasteiger partial charge in [-0.15, -0.1) is 0 Å². The minimum Gasteiger partial charge on any atom is -0.507 e. The summed E-state index contributed by atoms with van der Waals surface area (Å²) in [5.41, 5.74) is 0.897. The maximum absolute atomic E-state index is 11.5. The molecule has 0 aliphatic rings. The van der Waals surface area contributed by atoms with Gasteiger partial charge in [-0.1, -0.05) is 12.1 Å². The van der Waals surface area contributed by atoms with E-state index in [0.29, 0.717) is 22.3 Å². The number of rotatable bonds is 3. The standard InChI is InChI=1S/C16H12N2O4/c1-22-11-5-2-4-10(8-11)13-9-14(19)12-6-3-7-17-15(12)16(13)18(20)21/h2-9,19H,1H3. The summed E-state index contributed by atoms with van der Waals surface area (Å²) in [6.07, 6.45) is 1.46. The predicted octanol–water partition coefficient (Wildman–Crippen LogP) is 3.52. The normalized spacial score (nSPS) is 10.6. The number of nitro groups is 1. The van der Waals surface area contributed by atoms with Crippen LogP contribution < -0.4 is 4.74 Å². The molecule has 22 heavy (non-hydrogen) atoms. The Balaban J connectivity index is 2.38. The number of hydrogen-bond acceptors (Lipinski definition) is 5. The molecule has 3 rings (SSSR count). The van der Waals surface area contributed by atoms with E-state index in [2.05, 4.69) is 4.98 Å². The molecule has 0 radical (unpaired) electrons. The third-order valence-corrected chi connectivity index (χ3v) is 3.41. The highest BCUT2D eigenvalue weighted by molar-refractivity contribution is 5.99. The van der Waals surface area contributed by atoms with E-state index in [1.165, 1.54) is 19.4 Å². The van der Waals surface area contributed by atoms with Crippen LogP contribution in [0, 0.1) is 10.1 Å². The fourth-order valence-corrected chi connectivity index (χ4v) is 2.41. The van der Waals surface area contributed by atoms with E-state index < -0.39 is 4.92 Å². The first kappa shape index (κ1) is 13.8. The van der Waals surface area contributed by atoms with Crippen LogP contribution >= 0.6 is 0 Å². The van der Waals surface area contributed by atoms with Crippen molar-refractivity contribution in [1.29, 1.82) is 0 Å². The highest BCUT2D eigenvalue weighted by atomic mass is 16.6. The third-order valence-electron chi connectivity index (χ3n) is 3.41. The molecule has 0 bridgehead atoms. The zero-order valence-electron chi connectivity index (χ0n) is 11.7. The molecule has 1 N–H and O–H groups in total. The molecule has 1 aromatic heterocycles. The molecule has 0 aliphatic carbocycles. The zero-order chi connectivity index (χ0) is 15.7. The molecule has 110 valence electrons. The van der Waals surface area contributed by atoms with Gasteiger partial charge in [0.15, 0.2) is 5.52 Å². The maximum atomic E-state index is 11.5. The van der Waals surface area contributed by atoms with Crippen molar-refractivity contribution in [2.24, 2.45) is 0 Å². The van der Waals surface area contributed by atoms with Gasteiger partial charge in [0, 0.05) is 11.6 Å². The summed E-state index contributed by atoms with van der Waals surface area (Å²) in [4.78, 5) is 15.1. The fourth-order valence-electron chi connectivity index (χ4n) is 2.41. The maximum Gasteiger partial charge on any atom is 0.303 e. The molecule has 0 amide bonds. The molecular weight excluding hydrogens is 284 g/mol. The third kappa shape index (κ3) is 2.20. The van der Waals surface area contributed by atoms with Crippen LogP contribution in [0.25, 0.3) is 22.0 Å². The van der Waals surface area contributed by atoms with Crippen molar-refractivity contribution < 1.29 is 14.8 Å². The van der Waals surface area contributed by atoms with Crippen molar-refractivity contribution >= 4 is 16.6 Å². The number of nitrogens with zero attached hydrogens (tertiary/aromatic N) is 2. The number of benzene rings is 2. The molecule has 0 saturated heterocycles. The Morgan fingerprint density at radius 2 is 2.05 bits per heavy atom. The van der Waals surface area contributed by atoms with E-state index in [0.717, 1.165) is 0 Å². The van der Waals surface area contributed by atoms with Crippen LogP contribution in [0.2, 0.25) is 0 Å². The van der Waals surface area contributed by atoms with Crippen LogP contribution in [0.15, 0.2) is 48.7 Å². The minimum atomic E-state index is -0.483. The van der Waals surface area contributed by atoms with Gasteiger partial charge in [-0.3, -0.25) is 10.1 Å². The number of aromatic nitrogens is 1. The summed E-state index contributed by atoms with van der Waals surface area (Å²) in [6.45, 7) is 0. The Morgan fingerprint density at radius 3 is 2.77 bits per heavy atom.